The number of hydrogen-bond acceptors (Lipinski definition) is 4. The second-order valence-electron chi connectivity index (χ2n) is 2.92. The molecule has 5 heteroatoms. The third-order valence-corrected chi connectivity index (χ3v) is 2.60. The number of anilines is 1. The van der Waals surface area contributed by atoms with Crippen molar-refractivity contribution in [3.8, 4) is 12.3 Å². The number of terminal acetylenes is 1. The van der Waals surface area contributed by atoms with Crippen molar-refractivity contribution >= 4 is 23.4 Å². The van der Waals surface area contributed by atoms with Gasteiger partial charge in [-0.25, -0.2) is 9.78 Å². The molecule has 0 aromatic carbocycles. The second-order valence-corrected chi connectivity index (χ2v) is 4.02. The standard InChI is InChI=1S/C11H12N2O2S/c1-2-6-16-7-5-12-9-3-4-13-10(8-9)11(14)15/h1,3-4,8H,5-7H2,(H,12,13)(H,14,15). The Labute approximate surface area is 98.5 Å². The zero-order valence-electron chi connectivity index (χ0n) is 8.64. The fourth-order valence-corrected chi connectivity index (χ4v) is 1.56. The first-order valence-corrected chi connectivity index (χ1v) is 5.84. The molecular weight excluding hydrogens is 224 g/mol. The van der Waals surface area contributed by atoms with Crippen LogP contribution in [0, 0.1) is 12.3 Å². The van der Waals surface area contributed by atoms with E-state index in [2.05, 4.69) is 16.2 Å². The molecule has 0 saturated heterocycles. The molecule has 0 fully saturated rings. The lowest BCUT2D eigenvalue weighted by Crippen LogP contribution is -2.06. The maximum atomic E-state index is 10.7. The molecule has 0 aliphatic heterocycles. The molecule has 2 N–H and O–H groups in total. The summed E-state index contributed by atoms with van der Waals surface area (Å²) in [5.74, 6) is 3.09. The molecule has 16 heavy (non-hydrogen) atoms. The van der Waals surface area contributed by atoms with Gasteiger partial charge in [-0.05, 0) is 12.1 Å². The molecule has 1 rings (SSSR count). The van der Waals surface area contributed by atoms with Gasteiger partial charge in [-0.2, -0.15) is 0 Å². The molecule has 0 aliphatic carbocycles. The van der Waals surface area contributed by atoms with Gasteiger partial charge in [0.25, 0.3) is 0 Å². The third-order valence-electron chi connectivity index (χ3n) is 1.74. The van der Waals surface area contributed by atoms with E-state index in [0.29, 0.717) is 5.75 Å². The predicted octanol–water partition coefficient (Wildman–Crippen LogP) is 1.56. The van der Waals surface area contributed by atoms with E-state index < -0.39 is 5.97 Å². The van der Waals surface area contributed by atoms with Crippen molar-refractivity contribution in [2.75, 3.05) is 23.4 Å². The maximum Gasteiger partial charge on any atom is 0.354 e. The number of hydrogen-bond donors (Lipinski definition) is 2. The van der Waals surface area contributed by atoms with Crippen LogP contribution in [0.4, 0.5) is 5.69 Å². The first kappa shape index (κ1) is 12.4. The van der Waals surface area contributed by atoms with Crippen LogP contribution in [0.3, 0.4) is 0 Å². The fourth-order valence-electron chi connectivity index (χ4n) is 1.06. The topological polar surface area (TPSA) is 62.2 Å². The van der Waals surface area contributed by atoms with Gasteiger partial charge < -0.3 is 10.4 Å². The molecule has 1 heterocycles. The van der Waals surface area contributed by atoms with Crippen LogP contribution in [-0.4, -0.2) is 34.1 Å². The summed E-state index contributed by atoms with van der Waals surface area (Å²) in [7, 11) is 0. The van der Waals surface area contributed by atoms with Crippen LogP contribution in [0.1, 0.15) is 10.5 Å². The molecule has 0 unspecified atom stereocenters. The summed E-state index contributed by atoms with van der Waals surface area (Å²) in [6.07, 6.45) is 6.58. The number of aromatic carboxylic acids is 1. The van der Waals surface area contributed by atoms with Crippen molar-refractivity contribution in [1.29, 1.82) is 0 Å². The molecule has 0 aliphatic rings. The number of nitrogens with zero attached hydrogens (tertiary/aromatic N) is 1. The van der Waals surface area contributed by atoms with E-state index in [1.807, 2.05) is 0 Å². The minimum absolute atomic E-state index is 0.0428. The molecule has 0 radical (unpaired) electrons. The van der Waals surface area contributed by atoms with E-state index >= 15 is 0 Å². The largest absolute Gasteiger partial charge is 0.477 e. The second kappa shape index (κ2) is 6.75. The summed E-state index contributed by atoms with van der Waals surface area (Å²) in [4.78, 5) is 14.4. The van der Waals surface area contributed by atoms with Gasteiger partial charge >= 0.3 is 5.97 Å². The first-order valence-electron chi connectivity index (χ1n) is 4.68. The van der Waals surface area contributed by atoms with Crippen LogP contribution in [0.25, 0.3) is 0 Å². The van der Waals surface area contributed by atoms with Gasteiger partial charge in [-0.1, -0.05) is 5.92 Å². The minimum Gasteiger partial charge on any atom is -0.477 e. The van der Waals surface area contributed by atoms with E-state index in [1.165, 1.54) is 12.3 Å². The molecule has 0 saturated carbocycles. The molecule has 0 amide bonds. The third kappa shape index (κ3) is 4.24. The zero-order chi connectivity index (χ0) is 11.8. The van der Waals surface area contributed by atoms with Crippen molar-refractivity contribution in [2.45, 2.75) is 0 Å². The predicted molar refractivity (Wildman–Crippen MR) is 65.8 cm³/mol. The lowest BCUT2D eigenvalue weighted by atomic mass is 10.3. The summed E-state index contributed by atoms with van der Waals surface area (Å²) in [6.45, 7) is 0.745. The summed E-state index contributed by atoms with van der Waals surface area (Å²) in [5.41, 5.74) is 0.801. The molecular formula is C11H12N2O2S. The van der Waals surface area contributed by atoms with E-state index in [0.717, 1.165) is 18.0 Å². The Morgan fingerprint density at radius 2 is 2.50 bits per heavy atom. The van der Waals surface area contributed by atoms with Gasteiger partial charge in [0.05, 0.1) is 5.75 Å². The lowest BCUT2D eigenvalue weighted by Gasteiger charge is -2.05. The van der Waals surface area contributed by atoms with Crippen LogP contribution < -0.4 is 5.32 Å². The Hall–Kier alpha value is -1.67. The van der Waals surface area contributed by atoms with Gasteiger partial charge in [0.2, 0.25) is 0 Å². The van der Waals surface area contributed by atoms with E-state index in [1.54, 1.807) is 17.8 Å². The Kier molecular flexibility index (Phi) is 5.23. The number of carbonyl (C=O) groups is 1. The number of pyridine rings is 1. The summed E-state index contributed by atoms with van der Waals surface area (Å²) in [6, 6.07) is 3.24. The van der Waals surface area contributed by atoms with Crippen LogP contribution in [0.15, 0.2) is 18.3 Å². The summed E-state index contributed by atoms with van der Waals surface area (Å²) in [5, 5.41) is 11.8. The molecule has 4 nitrogen and oxygen atoms in total. The van der Waals surface area contributed by atoms with E-state index in [-0.39, 0.29) is 5.69 Å². The van der Waals surface area contributed by atoms with Crippen LogP contribution in [0.5, 0.6) is 0 Å². The van der Waals surface area contributed by atoms with Gasteiger partial charge in [-0.15, -0.1) is 18.2 Å². The molecule has 84 valence electrons. The van der Waals surface area contributed by atoms with Crippen molar-refractivity contribution in [2.24, 2.45) is 0 Å². The first-order chi connectivity index (χ1) is 7.74. The van der Waals surface area contributed by atoms with Crippen LogP contribution in [-0.2, 0) is 0 Å². The number of carboxylic acid groups (broad SMARTS) is 1. The van der Waals surface area contributed by atoms with Gasteiger partial charge in [0.1, 0.15) is 5.69 Å². The smallest absolute Gasteiger partial charge is 0.354 e. The van der Waals surface area contributed by atoms with Gasteiger partial charge in [0, 0.05) is 24.2 Å². The van der Waals surface area contributed by atoms with Crippen LogP contribution >= 0.6 is 11.8 Å². The number of thioether (sulfide) groups is 1. The highest BCUT2D eigenvalue weighted by Gasteiger charge is 2.04. The zero-order valence-corrected chi connectivity index (χ0v) is 9.46. The fraction of sp³-hybridized carbons (Fsp3) is 0.273. The number of rotatable bonds is 6. The quantitative estimate of drug-likeness (QED) is 0.579. The van der Waals surface area contributed by atoms with E-state index in [9.17, 15) is 4.79 Å². The van der Waals surface area contributed by atoms with Crippen molar-refractivity contribution in [3.05, 3.63) is 24.0 Å². The molecule has 0 spiro atoms. The number of aromatic nitrogens is 1. The number of carboxylic acids is 1. The lowest BCUT2D eigenvalue weighted by molar-refractivity contribution is 0.0690. The molecule has 0 bridgehead atoms. The molecule has 0 atom stereocenters. The molecule has 1 aromatic rings. The highest BCUT2D eigenvalue weighted by molar-refractivity contribution is 7.99. The van der Waals surface area contributed by atoms with Gasteiger partial charge in [-0.3, -0.25) is 0 Å². The SMILES string of the molecule is C#CCSCCNc1ccnc(C(=O)O)c1. The monoisotopic (exact) mass is 236 g/mol. The Morgan fingerprint density at radius 3 is 3.19 bits per heavy atom. The van der Waals surface area contributed by atoms with Crippen molar-refractivity contribution < 1.29 is 9.90 Å². The Bertz CT molecular complexity index is 401. The van der Waals surface area contributed by atoms with Gasteiger partial charge in [0.15, 0.2) is 0 Å². The van der Waals surface area contributed by atoms with Crippen molar-refractivity contribution in [3.63, 3.8) is 0 Å². The van der Waals surface area contributed by atoms with Crippen LogP contribution in [0.2, 0.25) is 0 Å². The van der Waals surface area contributed by atoms with E-state index in [4.69, 9.17) is 11.5 Å². The highest BCUT2D eigenvalue weighted by Crippen LogP contribution is 2.08. The summed E-state index contributed by atoms with van der Waals surface area (Å²) < 4.78 is 0. The highest BCUT2D eigenvalue weighted by atomic mass is 32.2. The minimum atomic E-state index is -1.02. The van der Waals surface area contributed by atoms with Crippen molar-refractivity contribution in [1.82, 2.24) is 4.98 Å². The number of nitrogens with one attached hydrogen (secondary N) is 1. The summed E-state index contributed by atoms with van der Waals surface area (Å²) >= 11 is 1.65. The Morgan fingerprint density at radius 1 is 1.69 bits per heavy atom. The average Bonchev–Trinajstić information content (AvgIpc) is 2.29. The normalized spacial score (nSPS) is 9.44. The maximum absolute atomic E-state index is 10.7. The Balaban J connectivity index is 2.39. The molecule has 1 aromatic heterocycles. The average molecular weight is 236 g/mol.